The third kappa shape index (κ3) is 4.97. The average molecular weight is 419 g/mol. The molecular weight excluding hydrogens is 379 g/mol. The van der Waals surface area contributed by atoms with E-state index in [4.69, 9.17) is 0 Å². The second-order valence-corrected chi connectivity index (χ2v) is 10.5. The summed E-state index contributed by atoms with van der Waals surface area (Å²) in [5, 5.41) is 0. The van der Waals surface area contributed by atoms with Crippen LogP contribution in [0.2, 0.25) is 0 Å². The zero-order valence-corrected chi connectivity index (χ0v) is 19.7. The Hall–Kier alpha value is -1.89. The maximum Gasteiger partial charge on any atom is 0.111 e. The maximum absolute atomic E-state index is 15.5. The fourth-order valence-corrected chi connectivity index (χ4v) is 6.13. The Kier molecular flexibility index (Phi) is 6.70. The third-order valence-corrected chi connectivity index (χ3v) is 8.25. The molecule has 0 bridgehead atoms. The monoisotopic (exact) mass is 418 g/mol. The summed E-state index contributed by atoms with van der Waals surface area (Å²) in [5.41, 5.74) is 7.28. The molecule has 0 aromatic heterocycles. The minimum atomic E-state index is -0.960. The van der Waals surface area contributed by atoms with Gasteiger partial charge in [0, 0.05) is 0 Å². The summed E-state index contributed by atoms with van der Waals surface area (Å²) in [6, 6.07) is 10.7. The number of rotatable bonds is 5. The van der Waals surface area contributed by atoms with Gasteiger partial charge in [0.15, 0.2) is 0 Å². The van der Waals surface area contributed by atoms with E-state index in [1.807, 2.05) is 0 Å². The predicted octanol–water partition coefficient (Wildman–Crippen LogP) is 9.02. The molecule has 31 heavy (non-hydrogen) atoms. The standard InChI is InChI=1S/C30H39F/c1-21(29-23(3)22(2)24(29)4)17-25-13-14-26(20-30(31)15-9-6-10-16-30)19-28(18-25)27-11-7-5-8-12-27/h5,7-8,11-12,17,19,22-23,26H,1,6,9-10,13-16,18,20H2,2-4H3/b25-17-/t22?,23?,26-/m1/s1. The second kappa shape index (κ2) is 9.31. The maximum atomic E-state index is 15.5. The summed E-state index contributed by atoms with van der Waals surface area (Å²) >= 11 is 0. The van der Waals surface area contributed by atoms with Crippen LogP contribution < -0.4 is 0 Å². The fraction of sp³-hybridized carbons (Fsp3) is 0.533. The highest BCUT2D eigenvalue weighted by atomic mass is 19.1. The van der Waals surface area contributed by atoms with Crippen LogP contribution in [0.1, 0.15) is 84.1 Å². The van der Waals surface area contributed by atoms with E-state index < -0.39 is 5.67 Å². The summed E-state index contributed by atoms with van der Waals surface area (Å²) in [6.45, 7) is 11.3. The minimum absolute atomic E-state index is 0.320. The lowest BCUT2D eigenvalue weighted by atomic mass is 9.68. The fourth-order valence-electron chi connectivity index (χ4n) is 6.13. The minimum Gasteiger partial charge on any atom is -0.244 e. The van der Waals surface area contributed by atoms with E-state index in [1.54, 1.807) is 0 Å². The Morgan fingerprint density at radius 2 is 1.81 bits per heavy atom. The Bertz CT molecular complexity index is 892. The lowest BCUT2D eigenvalue weighted by Crippen LogP contribution is -2.28. The van der Waals surface area contributed by atoms with Crippen LogP contribution in [0, 0.1) is 17.8 Å². The number of hydrogen-bond acceptors (Lipinski definition) is 0. The van der Waals surface area contributed by atoms with E-state index in [2.05, 4.69) is 69.8 Å². The van der Waals surface area contributed by atoms with E-state index >= 15 is 4.39 Å². The first-order chi connectivity index (χ1) is 14.9. The molecule has 4 rings (SSSR count). The summed E-state index contributed by atoms with van der Waals surface area (Å²) < 4.78 is 15.5. The molecule has 1 aromatic carbocycles. The van der Waals surface area contributed by atoms with Crippen LogP contribution in [0.3, 0.4) is 0 Å². The van der Waals surface area contributed by atoms with Crippen molar-refractivity contribution in [1.82, 2.24) is 0 Å². The van der Waals surface area contributed by atoms with Crippen LogP contribution in [0.5, 0.6) is 0 Å². The van der Waals surface area contributed by atoms with Crippen LogP contribution in [0.25, 0.3) is 5.57 Å². The smallest absolute Gasteiger partial charge is 0.111 e. The molecule has 0 nitrogen and oxygen atoms in total. The Labute approximate surface area is 189 Å². The van der Waals surface area contributed by atoms with Gasteiger partial charge in [-0.05, 0) is 85.5 Å². The molecule has 3 atom stereocenters. The van der Waals surface area contributed by atoms with Gasteiger partial charge in [-0.2, -0.15) is 0 Å². The molecule has 0 aliphatic heterocycles. The van der Waals surface area contributed by atoms with Gasteiger partial charge < -0.3 is 0 Å². The van der Waals surface area contributed by atoms with Crippen LogP contribution in [-0.2, 0) is 0 Å². The number of halogens is 1. The summed E-state index contributed by atoms with van der Waals surface area (Å²) in [7, 11) is 0. The molecule has 0 heterocycles. The normalized spacial score (nSPS) is 29.9. The highest BCUT2D eigenvalue weighted by Crippen LogP contribution is 2.45. The second-order valence-electron chi connectivity index (χ2n) is 10.5. The van der Waals surface area contributed by atoms with Gasteiger partial charge in [-0.3, -0.25) is 0 Å². The van der Waals surface area contributed by atoms with Crippen molar-refractivity contribution in [2.24, 2.45) is 17.8 Å². The molecular formula is C30H39F. The number of alkyl halides is 1. The predicted molar refractivity (Wildman–Crippen MR) is 132 cm³/mol. The molecule has 0 saturated heterocycles. The van der Waals surface area contributed by atoms with Gasteiger partial charge >= 0.3 is 0 Å². The molecule has 1 heteroatoms. The molecule has 1 saturated carbocycles. The quantitative estimate of drug-likeness (QED) is 0.447. The van der Waals surface area contributed by atoms with Gasteiger partial charge in [-0.25, -0.2) is 4.39 Å². The molecule has 0 amide bonds. The Morgan fingerprint density at radius 3 is 2.48 bits per heavy atom. The molecule has 0 radical (unpaired) electrons. The van der Waals surface area contributed by atoms with Crippen molar-refractivity contribution in [3.63, 3.8) is 0 Å². The van der Waals surface area contributed by atoms with Gasteiger partial charge in [-0.1, -0.05) is 93.3 Å². The van der Waals surface area contributed by atoms with Crippen molar-refractivity contribution < 1.29 is 4.39 Å². The van der Waals surface area contributed by atoms with Gasteiger partial charge in [0.2, 0.25) is 0 Å². The highest BCUT2D eigenvalue weighted by Gasteiger charge is 2.35. The van der Waals surface area contributed by atoms with Crippen molar-refractivity contribution in [2.75, 3.05) is 0 Å². The molecule has 1 fully saturated rings. The molecule has 0 spiro atoms. The van der Waals surface area contributed by atoms with Crippen molar-refractivity contribution in [1.29, 1.82) is 0 Å². The number of allylic oxidation sites excluding steroid dienone is 7. The van der Waals surface area contributed by atoms with Crippen molar-refractivity contribution in [3.8, 4) is 0 Å². The van der Waals surface area contributed by atoms with Crippen molar-refractivity contribution in [3.05, 3.63) is 76.9 Å². The first-order valence-electron chi connectivity index (χ1n) is 12.4. The number of benzene rings is 1. The molecule has 166 valence electrons. The van der Waals surface area contributed by atoms with Crippen LogP contribution in [-0.4, -0.2) is 5.67 Å². The van der Waals surface area contributed by atoms with E-state index in [1.165, 1.54) is 39.8 Å². The highest BCUT2D eigenvalue weighted by molar-refractivity contribution is 5.69. The van der Waals surface area contributed by atoms with Crippen molar-refractivity contribution >= 4 is 5.57 Å². The van der Waals surface area contributed by atoms with Crippen LogP contribution in [0.15, 0.2) is 71.4 Å². The van der Waals surface area contributed by atoms with Crippen molar-refractivity contribution in [2.45, 2.75) is 84.2 Å². The van der Waals surface area contributed by atoms with E-state index in [0.29, 0.717) is 24.2 Å². The zero-order chi connectivity index (χ0) is 22.0. The lowest BCUT2D eigenvalue weighted by Gasteiger charge is -2.37. The molecule has 0 N–H and O–H groups in total. The largest absolute Gasteiger partial charge is 0.244 e. The van der Waals surface area contributed by atoms with Crippen LogP contribution in [0.4, 0.5) is 4.39 Å². The van der Waals surface area contributed by atoms with E-state index in [-0.39, 0.29) is 0 Å². The van der Waals surface area contributed by atoms with Gasteiger partial charge in [0.1, 0.15) is 5.67 Å². The Balaban J connectivity index is 1.58. The first-order valence-corrected chi connectivity index (χ1v) is 12.4. The molecule has 3 aliphatic carbocycles. The Morgan fingerprint density at radius 1 is 1.10 bits per heavy atom. The van der Waals surface area contributed by atoms with Gasteiger partial charge in [0.05, 0.1) is 0 Å². The lowest BCUT2D eigenvalue weighted by molar-refractivity contribution is 0.0818. The summed E-state index contributed by atoms with van der Waals surface area (Å²) in [5.74, 6) is 1.59. The van der Waals surface area contributed by atoms with Gasteiger partial charge in [0.25, 0.3) is 0 Å². The number of hydrogen-bond donors (Lipinski definition) is 0. The summed E-state index contributed by atoms with van der Waals surface area (Å²) in [6.07, 6.45) is 13.3. The third-order valence-electron chi connectivity index (χ3n) is 8.25. The van der Waals surface area contributed by atoms with Gasteiger partial charge in [-0.15, -0.1) is 0 Å². The van der Waals surface area contributed by atoms with Crippen LogP contribution >= 0.6 is 0 Å². The topological polar surface area (TPSA) is 0 Å². The SMILES string of the molecule is C=C(/C=C1/CC[C@@H](CC2(F)CCCCC2)C=C(c2ccccc2)C1)C1=C(C)C(C)C1C. The first kappa shape index (κ1) is 22.3. The summed E-state index contributed by atoms with van der Waals surface area (Å²) in [4.78, 5) is 0. The zero-order valence-electron chi connectivity index (χ0n) is 19.7. The van der Waals surface area contributed by atoms with E-state index in [9.17, 15) is 0 Å². The molecule has 1 aromatic rings. The van der Waals surface area contributed by atoms with E-state index in [0.717, 1.165) is 44.9 Å². The molecule has 3 aliphatic rings. The average Bonchev–Trinajstić information content (AvgIpc) is 2.96. The molecule has 2 unspecified atom stereocenters.